The monoisotopic (exact) mass is 278 g/mol. The van der Waals surface area contributed by atoms with Gasteiger partial charge >= 0.3 is 0 Å². The van der Waals surface area contributed by atoms with Crippen LogP contribution in [-0.4, -0.2) is 12.6 Å². The summed E-state index contributed by atoms with van der Waals surface area (Å²) >= 11 is 7.66. The average molecular weight is 279 g/mol. The number of anilines is 2. The van der Waals surface area contributed by atoms with Crippen molar-refractivity contribution in [3.8, 4) is 0 Å². The first-order valence-corrected chi connectivity index (χ1v) is 7.27. The Morgan fingerprint density at radius 3 is 2.94 bits per heavy atom. The molecule has 0 saturated heterocycles. The third kappa shape index (κ3) is 2.20. The normalized spacial score (nSPS) is 18.3. The predicted octanol–water partition coefficient (Wildman–Crippen LogP) is 4.22. The van der Waals surface area contributed by atoms with Gasteiger partial charge in [-0.3, -0.25) is 0 Å². The Labute approximate surface area is 116 Å². The fourth-order valence-corrected chi connectivity index (χ4v) is 3.41. The maximum absolute atomic E-state index is 6.00. The molecule has 2 nitrogen and oxygen atoms in total. The largest absolute Gasteiger partial charge is 0.381 e. The van der Waals surface area contributed by atoms with Gasteiger partial charge in [0.05, 0.1) is 22.3 Å². The smallest absolute Gasteiger partial charge is 0.0931 e. The number of nitrogens with zero attached hydrogens (tertiary/aromatic N) is 1. The van der Waals surface area contributed by atoms with Gasteiger partial charge in [0.1, 0.15) is 0 Å². The van der Waals surface area contributed by atoms with Crippen LogP contribution in [0.15, 0.2) is 36.4 Å². The van der Waals surface area contributed by atoms with Crippen LogP contribution in [0.25, 0.3) is 0 Å². The molecule has 1 unspecified atom stereocenters. The fraction of sp³-hybridized carbons (Fsp3) is 0.286. The van der Waals surface area contributed by atoms with Crippen molar-refractivity contribution in [2.24, 2.45) is 0 Å². The molecule has 3 rings (SSSR count). The van der Waals surface area contributed by atoms with Crippen LogP contribution in [0, 0.1) is 0 Å². The second-order valence-electron chi connectivity index (χ2n) is 4.58. The zero-order valence-corrected chi connectivity index (χ0v) is 11.8. The van der Waals surface area contributed by atoms with Crippen molar-refractivity contribution in [3.63, 3.8) is 0 Å². The van der Waals surface area contributed by atoms with Crippen LogP contribution in [0.1, 0.15) is 11.8 Å². The van der Waals surface area contributed by atoms with Crippen molar-refractivity contribution in [2.75, 3.05) is 16.8 Å². The summed E-state index contributed by atoms with van der Waals surface area (Å²) in [6.07, 6.45) is 0. The topological polar surface area (TPSA) is 15.3 Å². The number of hydrogen-bond acceptors (Lipinski definition) is 3. The van der Waals surface area contributed by atoms with Gasteiger partial charge < -0.3 is 10.2 Å². The second kappa shape index (κ2) is 4.82. The van der Waals surface area contributed by atoms with Gasteiger partial charge in [0, 0.05) is 17.5 Å². The van der Waals surface area contributed by atoms with Crippen LogP contribution in [0.2, 0.25) is 4.34 Å². The highest BCUT2D eigenvalue weighted by Crippen LogP contribution is 2.33. The van der Waals surface area contributed by atoms with Gasteiger partial charge in [0.25, 0.3) is 0 Å². The van der Waals surface area contributed by atoms with Crippen molar-refractivity contribution in [1.29, 1.82) is 0 Å². The molecule has 0 spiro atoms. The lowest BCUT2D eigenvalue weighted by Crippen LogP contribution is -2.41. The standard InChI is InChI=1S/C14H15ClN2S/c1-10-8-16-12-4-2-3-5-13(12)17(10)9-11-6-7-14(15)18-11/h2-7,10,16H,8-9H2,1H3. The summed E-state index contributed by atoms with van der Waals surface area (Å²) in [5.41, 5.74) is 2.50. The van der Waals surface area contributed by atoms with E-state index in [2.05, 4.69) is 47.5 Å². The lowest BCUT2D eigenvalue weighted by Gasteiger charge is -2.37. The summed E-state index contributed by atoms with van der Waals surface area (Å²) in [6, 6.07) is 13.0. The van der Waals surface area contributed by atoms with E-state index in [1.54, 1.807) is 11.3 Å². The first-order chi connectivity index (χ1) is 8.74. The first-order valence-electron chi connectivity index (χ1n) is 6.08. The highest BCUT2D eigenvalue weighted by Gasteiger charge is 2.22. The molecule has 0 fully saturated rings. The molecule has 4 heteroatoms. The van der Waals surface area contributed by atoms with Gasteiger partial charge in [0.2, 0.25) is 0 Å². The van der Waals surface area contributed by atoms with Crippen molar-refractivity contribution < 1.29 is 0 Å². The minimum atomic E-state index is 0.487. The highest BCUT2D eigenvalue weighted by atomic mass is 35.5. The third-order valence-electron chi connectivity index (χ3n) is 3.29. The molecular formula is C14H15ClN2S. The van der Waals surface area contributed by atoms with Gasteiger partial charge in [0.15, 0.2) is 0 Å². The van der Waals surface area contributed by atoms with Gasteiger partial charge in [-0.1, -0.05) is 23.7 Å². The molecule has 1 aromatic heterocycles. The van der Waals surface area contributed by atoms with Crippen LogP contribution in [0.5, 0.6) is 0 Å². The molecule has 18 heavy (non-hydrogen) atoms. The van der Waals surface area contributed by atoms with E-state index in [1.807, 2.05) is 6.07 Å². The van der Waals surface area contributed by atoms with Gasteiger partial charge in [-0.05, 0) is 31.2 Å². The Balaban J connectivity index is 1.91. The Hall–Kier alpha value is -1.19. The molecule has 1 aliphatic heterocycles. The molecule has 1 N–H and O–H groups in total. The predicted molar refractivity (Wildman–Crippen MR) is 79.9 cm³/mol. The lowest BCUT2D eigenvalue weighted by atomic mass is 10.1. The summed E-state index contributed by atoms with van der Waals surface area (Å²) < 4.78 is 0.862. The molecule has 0 radical (unpaired) electrons. The van der Waals surface area contributed by atoms with E-state index in [1.165, 1.54) is 16.3 Å². The molecule has 1 aliphatic rings. The van der Waals surface area contributed by atoms with Crippen molar-refractivity contribution in [3.05, 3.63) is 45.6 Å². The zero-order chi connectivity index (χ0) is 12.5. The van der Waals surface area contributed by atoms with Crippen LogP contribution in [0.3, 0.4) is 0 Å². The number of thiophene rings is 1. The lowest BCUT2D eigenvalue weighted by molar-refractivity contribution is 0.645. The summed E-state index contributed by atoms with van der Waals surface area (Å²) in [5, 5.41) is 3.47. The Morgan fingerprint density at radius 2 is 2.17 bits per heavy atom. The first kappa shape index (κ1) is 11.9. The Bertz CT molecular complexity index is 552. The fourth-order valence-electron chi connectivity index (χ4n) is 2.32. The van der Waals surface area contributed by atoms with Crippen molar-refractivity contribution in [2.45, 2.75) is 19.5 Å². The van der Waals surface area contributed by atoms with E-state index < -0.39 is 0 Å². The van der Waals surface area contributed by atoms with E-state index >= 15 is 0 Å². The molecule has 1 atom stereocenters. The van der Waals surface area contributed by atoms with Gasteiger partial charge in [-0.25, -0.2) is 0 Å². The quantitative estimate of drug-likeness (QED) is 0.885. The zero-order valence-electron chi connectivity index (χ0n) is 10.2. The van der Waals surface area contributed by atoms with Crippen LogP contribution >= 0.6 is 22.9 Å². The summed E-state index contributed by atoms with van der Waals surface area (Å²) in [6.45, 7) is 4.16. The maximum Gasteiger partial charge on any atom is 0.0931 e. The molecule has 2 aromatic rings. The number of rotatable bonds is 2. The van der Waals surface area contributed by atoms with Crippen molar-refractivity contribution >= 4 is 34.3 Å². The molecule has 0 bridgehead atoms. The van der Waals surface area contributed by atoms with Gasteiger partial charge in [-0.2, -0.15) is 0 Å². The number of halogens is 1. The second-order valence-corrected chi connectivity index (χ2v) is 6.38. The van der Waals surface area contributed by atoms with E-state index in [-0.39, 0.29) is 0 Å². The maximum atomic E-state index is 6.00. The van der Waals surface area contributed by atoms with E-state index in [0.29, 0.717) is 6.04 Å². The number of hydrogen-bond donors (Lipinski definition) is 1. The van der Waals surface area contributed by atoms with Gasteiger partial charge in [-0.15, -0.1) is 11.3 Å². The molecule has 1 aromatic carbocycles. The molecule has 2 heterocycles. The Kier molecular flexibility index (Phi) is 3.18. The minimum absolute atomic E-state index is 0.487. The van der Waals surface area contributed by atoms with Crippen LogP contribution < -0.4 is 10.2 Å². The number of fused-ring (bicyclic) bond motifs is 1. The van der Waals surface area contributed by atoms with E-state index in [4.69, 9.17) is 11.6 Å². The summed E-state index contributed by atoms with van der Waals surface area (Å²) in [5.74, 6) is 0. The van der Waals surface area contributed by atoms with Crippen molar-refractivity contribution in [1.82, 2.24) is 0 Å². The summed E-state index contributed by atoms with van der Waals surface area (Å²) in [4.78, 5) is 3.75. The SMILES string of the molecule is CC1CNc2ccccc2N1Cc1ccc(Cl)s1. The minimum Gasteiger partial charge on any atom is -0.381 e. The number of benzene rings is 1. The molecular weight excluding hydrogens is 264 g/mol. The summed E-state index contributed by atoms with van der Waals surface area (Å²) in [7, 11) is 0. The van der Waals surface area contributed by atoms with E-state index in [0.717, 1.165) is 17.4 Å². The molecule has 0 amide bonds. The molecule has 0 saturated carbocycles. The van der Waals surface area contributed by atoms with Crippen LogP contribution in [-0.2, 0) is 6.54 Å². The highest BCUT2D eigenvalue weighted by molar-refractivity contribution is 7.16. The number of para-hydroxylation sites is 2. The molecule has 0 aliphatic carbocycles. The van der Waals surface area contributed by atoms with E-state index in [9.17, 15) is 0 Å². The average Bonchev–Trinajstić information content (AvgIpc) is 2.79. The Morgan fingerprint density at radius 1 is 1.33 bits per heavy atom. The third-order valence-corrected chi connectivity index (χ3v) is 4.50. The number of nitrogens with one attached hydrogen (secondary N) is 1. The molecule has 94 valence electrons. The van der Waals surface area contributed by atoms with Crippen LogP contribution in [0.4, 0.5) is 11.4 Å².